The van der Waals surface area contributed by atoms with Crippen LogP contribution in [0.3, 0.4) is 0 Å². The van der Waals surface area contributed by atoms with Crippen molar-refractivity contribution in [3.8, 4) is 0 Å². The Labute approximate surface area is 115 Å². The second kappa shape index (κ2) is 6.35. The summed E-state index contributed by atoms with van der Waals surface area (Å²) in [6, 6.07) is 7.00. The Balaban J connectivity index is 1.84. The molecule has 0 unspecified atom stereocenters. The van der Waals surface area contributed by atoms with E-state index in [-0.39, 0.29) is 11.9 Å². The fraction of sp³-hybridized carbons (Fsp3) is 0.600. The minimum atomic E-state index is -0.176. The van der Waals surface area contributed by atoms with Gasteiger partial charge in [-0.25, -0.2) is 4.39 Å². The van der Waals surface area contributed by atoms with Gasteiger partial charge in [0.2, 0.25) is 0 Å². The molecule has 19 heavy (non-hydrogen) atoms. The van der Waals surface area contributed by atoms with Gasteiger partial charge in [0.25, 0.3) is 0 Å². The summed E-state index contributed by atoms with van der Waals surface area (Å²) in [7, 11) is 0. The predicted octanol–water partition coefficient (Wildman–Crippen LogP) is 1.93. The first-order chi connectivity index (χ1) is 9.06. The maximum absolute atomic E-state index is 12.9. The van der Waals surface area contributed by atoms with Crippen molar-refractivity contribution in [3.63, 3.8) is 0 Å². The lowest BCUT2D eigenvalue weighted by atomic mass is 10.0. The molecule has 0 bridgehead atoms. The van der Waals surface area contributed by atoms with Gasteiger partial charge in [-0.05, 0) is 30.2 Å². The van der Waals surface area contributed by atoms with Crippen molar-refractivity contribution in [2.24, 2.45) is 11.7 Å². The van der Waals surface area contributed by atoms with E-state index < -0.39 is 0 Å². The van der Waals surface area contributed by atoms with Crippen LogP contribution >= 0.6 is 0 Å². The maximum Gasteiger partial charge on any atom is 0.123 e. The Bertz CT molecular complexity index is 383. The van der Waals surface area contributed by atoms with Gasteiger partial charge in [0.1, 0.15) is 5.82 Å². The lowest BCUT2D eigenvalue weighted by Crippen LogP contribution is -2.50. The smallest absolute Gasteiger partial charge is 0.123 e. The molecule has 106 valence electrons. The van der Waals surface area contributed by atoms with Gasteiger partial charge in [0, 0.05) is 44.5 Å². The zero-order chi connectivity index (χ0) is 13.8. The summed E-state index contributed by atoms with van der Waals surface area (Å²) >= 11 is 0. The van der Waals surface area contributed by atoms with Crippen LogP contribution in [0.1, 0.15) is 13.8 Å². The molecule has 4 heteroatoms. The molecule has 3 nitrogen and oxygen atoms in total. The molecule has 1 fully saturated rings. The van der Waals surface area contributed by atoms with Crippen LogP contribution in [0.4, 0.5) is 10.1 Å². The van der Waals surface area contributed by atoms with Crippen molar-refractivity contribution in [2.45, 2.75) is 19.9 Å². The lowest BCUT2D eigenvalue weighted by Gasteiger charge is -2.37. The first kappa shape index (κ1) is 14.3. The van der Waals surface area contributed by atoms with Gasteiger partial charge >= 0.3 is 0 Å². The monoisotopic (exact) mass is 265 g/mol. The Morgan fingerprint density at radius 2 is 1.68 bits per heavy atom. The Kier molecular flexibility index (Phi) is 4.77. The quantitative estimate of drug-likeness (QED) is 0.903. The number of nitrogens with zero attached hydrogens (tertiary/aromatic N) is 2. The topological polar surface area (TPSA) is 32.5 Å². The summed E-state index contributed by atoms with van der Waals surface area (Å²) in [6.45, 7) is 9.32. The van der Waals surface area contributed by atoms with Crippen LogP contribution in [-0.2, 0) is 0 Å². The average Bonchev–Trinajstić information content (AvgIpc) is 2.40. The summed E-state index contributed by atoms with van der Waals surface area (Å²) in [4.78, 5) is 4.72. The van der Waals surface area contributed by atoms with E-state index in [1.807, 2.05) is 12.1 Å². The molecule has 0 saturated carbocycles. The van der Waals surface area contributed by atoms with Gasteiger partial charge in [-0.3, -0.25) is 4.90 Å². The first-order valence-corrected chi connectivity index (χ1v) is 7.04. The SMILES string of the molecule is CC(C)[C@@H](N)CN1CCN(c2ccc(F)cc2)CC1. The largest absolute Gasteiger partial charge is 0.369 e. The minimum Gasteiger partial charge on any atom is -0.369 e. The number of halogens is 1. The van der Waals surface area contributed by atoms with Crippen LogP contribution in [0, 0.1) is 11.7 Å². The van der Waals surface area contributed by atoms with E-state index >= 15 is 0 Å². The van der Waals surface area contributed by atoms with Crippen LogP contribution in [0.25, 0.3) is 0 Å². The van der Waals surface area contributed by atoms with Crippen molar-refractivity contribution in [2.75, 3.05) is 37.6 Å². The molecule has 2 N–H and O–H groups in total. The fourth-order valence-corrected chi connectivity index (χ4v) is 2.35. The van der Waals surface area contributed by atoms with E-state index in [2.05, 4.69) is 23.6 Å². The number of piperazine rings is 1. The van der Waals surface area contributed by atoms with E-state index in [1.165, 1.54) is 12.1 Å². The fourth-order valence-electron chi connectivity index (χ4n) is 2.35. The zero-order valence-electron chi connectivity index (χ0n) is 11.8. The molecule has 1 heterocycles. The third kappa shape index (κ3) is 3.91. The third-order valence-electron chi connectivity index (χ3n) is 3.89. The zero-order valence-corrected chi connectivity index (χ0v) is 11.8. The molecule has 0 radical (unpaired) electrons. The molecule has 0 amide bonds. The number of rotatable bonds is 4. The summed E-state index contributed by atoms with van der Waals surface area (Å²) in [6.07, 6.45) is 0. The maximum atomic E-state index is 12.9. The molecule has 1 saturated heterocycles. The Morgan fingerprint density at radius 1 is 1.11 bits per heavy atom. The highest BCUT2D eigenvalue weighted by Crippen LogP contribution is 2.17. The molecule has 2 rings (SSSR count). The normalized spacial score (nSPS) is 18.9. The first-order valence-electron chi connectivity index (χ1n) is 7.04. The number of hydrogen-bond acceptors (Lipinski definition) is 3. The molecular weight excluding hydrogens is 241 g/mol. The third-order valence-corrected chi connectivity index (χ3v) is 3.89. The molecule has 1 aliphatic heterocycles. The molecule has 0 spiro atoms. The standard InChI is InChI=1S/C15H24FN3/c1-12(2)15(17)11-18-7-9-19(10-8-18)14-5-3-13(16)4-6-14/h3-6,12,15H,7-11,17H2,1-2H3/t15-/m0/s1. The average molecular weight is 265 g/mol. The highest BCUT2D eigenvalue weighted by Gasteiger charge is 2.19. The summed E-state index contributed by atoms with van der Waals surface area (Å²) < 4.78 is 12.9. The summed E-state index contributed by atoms with van der Waals surface area (Å²) in [5, 5.41) is 0. The highest BCUT2D eigenvalue weighted by atomic mass is 19.1. The van der Waals surface area contributed by atoms with Gasteiger partial charge in [0.15, 0.2) is 0 Å². The van der Waals surface area contributed by atoms with Crippen molar-refractivity contribution < 1.29 is 4.39 Å². The summed E-state index contributed by atoms with van der Waals surface area (Å²) in [5.41, 5.74) is 7.22. The van der Waals surface area contributed by atoms with Gasteiger partial charge in [0.05, 0.1) is 0 Å². The molecule has 1 aromatic carbocycles. The van der Waals surface area contributed by atoms with Crippen LogP contribution in [0.15, 0.2) is 24.3 Å². The number of nitrogens with two attached hydrogens (primary N) is 1. The molecular formula is C15H24FN3. The van der Waals surface area contributed by atoms with Crippen LogP contribution in [0.2, 0.25) is 0 Å². The molecule has 1 aromatic rings. The van der Waals surface area contributed by atoms with Crippen molar-refractivity contribution in [1.29, 1.82) is 0 Å². The van der Waals surface area contributed by atoms with Crippen molar-refractivity contribution in [3.05, 3.63) is 30.1 Å². The molecule has 1 atom stereocenters. The number of benzene rings is 1. The molecule has 0 aliphatic carbocycles. The van der Waals surface area contributed by atoms with Crippen LogP contribution in [-0.4, -0.2) is 43.7 Å². The van der Waals surface area contributed by atoms with Gasteiger partial charge in [-0.1, -0.05) is 13.8 Å². The predicted molar refractivity (Wildman–Crippen MR) is 77.9 cm³/mol. The number of hydrogen-bond donors (Lipinski definition) is 1. The molecule has 1 aliphatic rings. The van der Waals surface area contributed by atoms with E-state index in [1.54, 1.807) is 0 Å². The lowest BCUT2D eigenvalue weighted by molar-refractivity contribution is 0.226. The second-order valence-corrected chi connectivity index (χ2v) is 5.67. The van der Waals surface area contributed by atoms with Gasteiger partial charge in [-0.2, -0.15) is 0 Å². The summed E-state index contributed by atoms with van der Waals surface area (Å²) in [5.74, 6) is 0.348. The van der Waals surface area contributed by atoms with Crippen molar-refractivity contribution in [1.82, 2.24) is 4.90 Å². The molecule has 0 aromatic heterocycles. The highest BCUT2D eigenvalue weighted by molar-refractivity contribution is 5.46. The Morgan fingerprint density at radius 3 is 2.21 bits per heavy atom. The van der Waals surface area contributed by atoms with E-state index in [0.29, 0.717) is 5.92 Å². The van der Waals surface area contributed by atoms with E-state index in [4.69, 9.17) is 5.73 Å². The van der Waals surface area contributed by atoms with Crippen LogP contribution in [0.5, 0.6) is 0 Å². The van der Waals surface area contributed by atoms with Crippen LogP contribution < -0.4 is 10.6 Å². The minimum absolute atomic E-state index is 0.176. The van der Waals surface area contributed by atoms with E-state index in [9.17, 15) is 4.39 Å². The van der Waals surface area contributed by atoms with Crippen molar-refractivity contribution >= 4 is 5.69 Å². The van der Waals surface area contributed by atoms with E-state index in [0.717, 1.165) is 38.4 Å². The van der Waals surface area contributed by atoms with Gasteiger partial charge in [-0.15, -0.1) is 0 Å². The van der Waals surface area contributed by atoms with Gasteiger partial charge < -0.3 is 10.6 Å². The Hall–Kier alpha value is -1.13. The number of anilines is 1. The second-order valence-electron chi connectivity index (χ2n) is 5.67.